The molecule has 5 nitrogen and oxygen atoms in total. The van der Waals surface area contributed by atoms with E-state index in [4.69, 9.17) is 9.84 Å². The van der Waals surface area contributed by atoms with E-state index in [0.29, 0.717) is 11.3 Å². The van der Waals surface area contributed by atoms with E-state index in [1.165, 1.54) is 11.3 Å². The number of nitrogens with zero attached hydrogens (tertiary/aromatic N) is 1. The number of H-pyrrole nitrogens is 1. The molecule has 19 heavy (non-hydrogen) atoms. The van der Waals surface area contributed by atoms with E-state index in [1.54, 1.807) is 25.3 Å². The second-order valence-corrected chi connectivity index (χ2v) is 4.88. The predicted molar refractivity (Wildman–Crippen MR) is 72.9 cm³/mol. The van der Waals surface area contributed by atoms with Crippen LogP contribution in [0.5, 0.6) is 5.75 Å². The van der Waals surface area contributed by atoms with Gasteiger partial charge < -0.3 is 14.8 Å². The summed E-state index contributed by atoms with van der Waals surface area (Å²) in [6.07, 6.45) is 0. The van der Waals surface area contributed by atoms with Gasteiger partial charge in [0.25, 0.3) is 0 Å². The van der Waals surface area contributed by atoms with Crippen molar-refractivity contribution >= 4 is 28.3 Å². The number of nitrogens with one attached hydrogen (secondary N) is 1. The first-order valence-corrected chi connectivity index (χ1v) is 6.41. The average Bonchev–Trinajstić information content (AvgIpc) is 3.03. The average molecular weight is 274 g/mol. The monoisotopic (exact) mass is 274 g/mol. The number of rotatable bonds is 3. The number of methoxy groups -OCH3 is 1. The zero-order valence-electron chi connectivity index (χ0n) is 10.0. The number of ether oxygens (including phenoxy) is 1. The molecule has 0 fully saturated rings. The second-order valence-electron chi connectivity index (χ2n) is 3.97. The summed E-state index contributed by atoms with van der Waals surface area (Å²) in [6.45, 7) is 0. The van der Waals surface area contributed by atoms with Crippen LogP contribution in [0, 0.1) is 0 Å². The summed E-state index contributed by atoms with van der Waals surface area (Å²) in [7, 11) is 1.61. The number of fused-ring (bicyclic) bond motifs is 1. The first kappa shape index (κ1) is 11.7. The number of aromatic carboxylic acids is 1. The number of hydrogen-bond acceptors (Lipinski definition) is 4. The molecule has 0 aliphatic rings. The zero-order valence-corrected chi connectivity index (χ0v) is 10.8. The lowest BCUT2D eigenvalue weighted by molar-refractivity contribution is 0.0697. The number of carboxylic acid groups (broad SMARTS) is 1. The molecule has 0 aliphatic heterocycles. The van der Waals surface area contributed by atoms with Crippen LogP contribution in [0.15, 0.2) is 29.6 Å². The normalized spacial score (nSPS) is 10.8. The summed E-state index contributed by atoms with van der Waals surface area (Å²) in [5.41, 5.74) is 1.70. The second kappa shape index (κ2) is 4.40. The molecule has 0 bridgehead atoms. The number of imidazole rings is 1. The van der Waals surface area contributed by atoms with E-state index in [0.717, 1.165) is 16.1 Å². The van der Waals surface area contributed by atoms with Crippen molar-refractivity contribution in [1.29, 1.82) is 0 Å². The van der Waals surface area contributed by atoms with Crippen LogP contribution in [0.2, 0.25) is 0 Å². The lowest BCUT2D eigenvalue weighted by Crippen LogP contribution is -1.94. The molecule has 1 aromatic carbocycles. The summed E-state index contributed by atoms with van der Waals surface area (Å²) in [6, 6.07) is 6.72. The maximum atomic E-state index is 10.9. The van der Waals surface area contributed by atoms with Crippen molar-refractivity contribution in [2.75, 3.05) is 7.11 Å². The van der Waals surface area contributed by atoms with Crippen molar-refractivity contribution in [3.05, 3.63) is 35.2 Å². The lowest BCUT2D eigenvalue weighted by Gasteiger charge is -1.92. The SMILES string of the molecule is COc1csc(-c2nc3ccc(C(=O)O)cc3[nH]2)c1. The molecule has 2 aromatic heterocycles. The Morgan fingerprint density at radius 1 is 1.42 bits per heavy atom. The fourth-order valence-electron chi connectivity index (χ4n) is 1.81. The number of benzene rings is 1. The molecule has 3 aromatic rings. The van der Waals surface area contributed by atoms with Gasteiger partial charge in [0.2, 0.25) is 0 Å². The van der Waals surface area contributed by atoms with Crippen LogP contribution in [0.25, 0.3) is 21.7 Å². The quantitative estimate of drug-likeness (QED) is 0.769. The van der Waals surface area contributed by atoms with E-state index < -0.39 is 5.97 Å². The van der Waals surface area contributed by atoms with Crippen molar-refractivity contribution in [3.63, 3.8) is 0 Å². The highest BCUT2D eigenvalue weighted by Crippen LogP contribution is 2.30. The van der Waals surface area contributed by atoms with Crippen LogP contribution < -0.4 is 4.74 Å². The van der Waals surface area contributed by atoms with Crippen LogP contribution in [0.4, 0.5) is 0 Å². The molecule has 0 radical (unpaired) electrons. The van der Waals surface area contributed by atoms with E-state index in [1.807, 2.05) is 11.4 Å². The molecule has 0 amide bonds. The predicted octanol–water partition coefficient (Wildman–Crippen LogP) is 3.00. The van der Waals surface area contributed by atoms with Crippen molar-refractivity contribution in [2.24, 2.45) is 0 Å². The summed E-state index contributed by atoms with van der Waals surface area (Å²) >= 11 is 1.52. The van der Waals surface area contributed by atoms with Gasteiger partial charge in [-0.2, -0.15) is 0 Å². The van der Waals surface area contributed by atoms with Gasteiger partial charge in [0.1, 0.15) is 11.6 Å². The largest absolute Gasteiger partial charge is 0.496 e. The van der Waals surface area contributed by atoms with Gasteiger partial charge in [0, 0.05) is 11.4 Å². The van der Waals surface area contributed by atoms with Gasteiger partial charge in [-0.05, 0) is 18.2 Å². The van der Waals surface area contributed by atoms with Gasteiger partial charge in [-0.25, -0.2) is 9.78 Å². The number of aromatic amines is 1. The lowest BCUT2D eigenvalue weighted by atomic mass is 10.2. The molecule has 2 heterocycles. The Balaban J connectivity index is 2.08. The van der Waals surface area contributed by atoms with Crippen LogP contribution in [-0.2, 0) is 0 Å². The molecule has 6 heteroatoms. The van der Waals surface area contributed by atoms with Crippen LogP contribution in [0.3, 0.4) is 0 Å². The molecule has 0 unspecified atom stereocenters. The van der Waals surface area contributed by atoms with Gasteiger partial charge >= 0.3 is 5.97 Å². The Bertz CT molecular complexity index is 760. The third-order valence-electron chi connectivity index (χ3n) is 2.77. The Kier molecular flexibility index (Phi) is 2.72. The number of thiophene rings is 1. The summed E-state index contributed by atoms with van der Waals surface area (Å²) < 4.78 is 5.13. The number of hydrogen-bond donors (Lipinski definition) is 2. The molecule has 0 aliphatic carbocycles. The maximum Gasteiger partial charge on any atom is 0.335 e. The Morgan fingerprint density at radius 2 is 2.26 bits per heavy atom. The smallest absolute Gasteiger partial charge is 0.335 e. The van der Waals surface area contributed by atoms with Crippen LogP contribution in [0.1, 0.15) is 10.4 Å². The highest BCUT2D eigenvalue weighted by Gasteiger charge is 2.10. The Labute approximate surface area is 112 Å². The highest BCUT2D eigenvalue weighted by molar-refractivity contribution is 7.13. The van der Waals surface area contributed by atoms with Crippen LogP contribution >= 0.6 is 11.3 Å². The highest BCUT2D eigenvalue weighted by atomic mass is 32.1. The molecule has 0 saturated carbocycles. The molecular formula is C13H10N2O3S. The van der Waals surface area contributed by atoms with Gasteiger partial charge in [-0.3, -0.25) is 0 Å². The van der Waals surface area contributed by atoms with Gasteiger partial charge in [-0.15, -0.1) is 11.3 Å². The van der Waals surface area contributed by atoms with Crippen molar-refractivity contribution in [2.45, 2.75) is 0 Å². The van der Waals surface area contributed by atoms with Crippen molar-refractivity contribution in [1.82, 2.24) is 9.97 Å². The molecule has 0 spiro atoms. The van der Waals surface area contributed by atoms with E-state index in [9.17, 15) is 4.79 Å². The van der Waals surface area contributed by atoms with Gasteiger partial charge in [0.05, 0.1) is 28.6 Å². The number of carbonyl (C=O) groups is 1. The van der Waals surface area contributed by atoms with E-state index in [2.05, 4.69) is 9.97 Å². The first-order chi connectivity index (χ1) is 9.17. The number of aromatic nitrogens is 2. The minimum Gasteiger partial charge on any atom is -0.496 e. The molecular weight excluding hydrogens is 264 g/mol. The fraction of sp³-hybridized carbons (Fsp3) is 0.0769. The summed E-state index contributed by atoms with van der Waals surface area (Å²) in [5, 5.41) is 10.8. The topological polar surface area (TPSA) is 75.2 Å². The minimum atomic E-state index is -0.948. The van der Waals surface area contributed by atoms with Gasteiger partial charge in [0.15, 0.2) is 0 Å². The van der Waals surface area contributed by atoms with E-state index in [-0.39, 0.29) is 5.56 Å². The Morgan fingerprint density at radius 3 is 2.95 bits per heavy atom. The van der Waals surface area contributed by atoms with Gasteiger partial charge in [-0.1, -0.05) is 0 Å². The Hall–Kier alpha value is -2.34. The molecule has 0 saturated heterocycles. The zero-order chi connectivity index (χ0) is 13.4. The van der Waals surface area contributed by atoms with E-state index >= 15 is 0 Å². The van der Waals surface area contributed by atoms with Crippen molar-refractivity contribution in [3.8, 4) is 16.5 Å². The molecule has 3 rings (SSSR count). The summed E-state index contributed by atoms with van der Waals surface area (Å²) in [5.74, 6) is 0.549. The number of carboxylic acids is 1. The molecule has 2 N–H and O–H groups in total. The first-order valence-electron chi connectivity index (χ1n) is 5.53. The maximum absolute atomic E-state index is 10.9. The molecule has 0 atom stereocenters. The third kappa shape index (κ3) is 2.06. The van der Waals surface area contributed by atoms with Crippen molar-refractivity contribution < 1.29 is 14.6 Å². The minimum absolute atomic E-state index is 0.242. The summed E-state index contributed by atoms with van der Waals surface area (Å²) in [4.78, 5) is 19.4. The third-order valence-corrected chi connectivity index (χ3v) is 3.69. The standard InChI is InChI=1S/C13H10N2O3S/c1-18-8-5-11(19-6-8)12-14-9-3-2-7(13(16)17)4-10(9)15-12/h2-6H,1H3,(H,14,15)(H,16,17). The molecule has 96 valence electrons. The van der Waals surface area contributed by atoms with Crippen LogP contribution in [-0.4, -0.2) is 28.2 Å². The fourth-order valence-corrected chi connectivity index (χ4v) is 2.61.